The normalized spacial score (nSPS) is 23.2. The number of benzene rings is 1. The van der Waals surface area contributed by atoms with Crippen LogP contribution in [0.5, 0.6) is 0 Å². The van der Waals surface area contributed by atoms with E-state index in [0.717, 1.165) is 16.9 Å². The molecule has 3 atom stereocenters. The van der Waals surface area contributed by atoms with Gasteiger partial charge in [-0.25, -0.2) is 9.97 Å². The minimum atomic E-state index is -0.813. The van der Waals surface area contributed by atoms with Gasteiger partial charge in [-0.15, -0.1) is 11.8 Å². The standard InChI is InChI=1S/C17H17ClN4O2S/c18-11-3-1-2-10(6-11)7-20-16-12-8-21-17(22(12)5-4-19-16)15-14(24)13(23)9-25-15/h1-6,8,13-15,23-24H,7,9H2,(H,19,20)/t13-,14-,15-/m1/s1. The minimum Gasteiger partial charge on any atom is -0.390 e. The van der Waals surface area contributed by atoms with Crippen LogP contribution in [0.1, 0.15) is 16.6 Å². The zero-order chi connectivity index (χ0) is 17.4. The number of nitrogens with zero attached hydrogens (tertiary/aromatic N) is 3. The van der Waals surface area contributed by atoms with Gasteiger partial charge in [0.2, 0.25) is 0 Å². The van der Waals surface area contributed by atoms with E-state index in [9.17, 15) is 10.2 Å². The van der Waals surface area contributed by atoms with Crippen LogP contribution in [0.2, 0.25) is 5.02 Å². The highest BCUT2D eigenvalue weighted by atomic mass is 35.5. The van der Waals surface area contributed by atoms with E-state index in [2.05, 4.69) is 15.3 Å². The predicted octanol–water partition coefficient (Wildman–Crippen LogP) is 2.50. The zero-order valence-electron chi connectivity index (χ0n) is 13.2. The Morgan fingerprint density at radius 3 is 2.96 bits per heavy atom. The number of imidazole rings is 1. The number of halogens is 1. The van der Waals surface area contributed by atoms with Crippen molar-refractivity contribution in [2.24, 2.45) is 0 Å². The molecule has 8 heteroatoms. The number of aliphatic hydroxyl groups excluding tert-OH is 2. The number of anilines is 1. The molecule has 2 aromatic heterocycles. The number of nitrogens with one attached hydrogen (secondary N) is 1. The maximum Gasteiger partial charge on any atom is 0.152 e. The molecule has 6 nitrogen and oxygen atoms in total. The maximum absolute atomic E-state index is 10.2. The molecule has 1 aromatic carbocycles. The first-order valence-electron chi connectivity index (χ1n) is 7.91. The number of aromatic nitrogens is 3. The van der Waals surface area contributed by atoms with E-state index in [1.807, 2.05) is 34.9 Å². The molecule has 1 aliphatic rings. The smallest absolute Gasteiger partial charge is 0.152 e. The molecule has 0 aliphatic carbocycles. The summed E-state index contributed by atoms with van der Waals surface area (Å²) >= 11 is 7.53. The molecule has 1 aliphatic heterocycles. The Morgan fingerprint density at radius 1 is 1.32 bits per heavy atom. The highest BCUT2D eigenvalue weighted by Crippen LogP contribution is 2.40. The van der Waals surface area contributed by atoms with Gasteiger partial charge in [0.15, 0.2) is 5.82 Å². The second kappa shape index (κ2) is 6.84. The summed E-state index contributed by atoms with van der Waals surface area (Å²) < 4.78 is 1.91. The van der Waals surface area contributed by atoms with Crippen LogP contribution in [0, 0.1) is 0 Å². The van der Waals surface area contributed by atoms with E-state index in [1.54, 1.807) is 12.4 Å². The fraction of sp³-hybridized carbons (Fsp3) is 0.294. The predicted molar refractivity (Wildman–Crippen MR) is 99.0 cm³/mol. The van der Waals surface area contributed by atoms with E-state index in [4.69, 9.17) is 11.6 Å². The fourth-order valence-electron chi connectivity index (χ4n) is 2.96. The topological polar surface area (TPSA) is 82.7 Å². The number of fused-ring (bicyclic) bond motifs is 1. The van der Waals surface area contributed by atoms with Gasteiger partial charge in [-0.1, -0.05) is 23.7 Å². The van der Waals surface area contributed by atoms with Crippen molar-refractivity contribution in [2.75, 3.05) is 11.1 Å². The van der Waals surface area contributed by atoms with Crippen molar-refractivity contribution in [3.8, 4) is 0 Å². The van der Waals surface area contributed by atoms with Crippen LogP contribution in [0.15, 0.2) is 42.9 Å². The summed E-state index contributed by atoms with van der Waals surface area (Å²) in [7, 11) is 0. The van der Waals surface area contributed by atoms with Gasteiger partial charge in [0, 0.05) is 29.7 Å². The molecule has 3 aromatic rings. The van der Waals surface area contributed by atoms with Crippen LogP contribution < -0.4 is 5.32 Å². The highest BCUT2D eigenvalue weighted by Gasteiger charge is 2.37. The third-order valence-corrected chi connectivity index (χ3v) is 5.86. The molecule has 0 bridgehead atoms. The molecule has 1 fully saturated rings. The van der Waals surface area contributed by atoms with Crippen molar-refractivity contribution in [3.63, 3.8) is 0 Å². The summed E-state index contributed by atoms with van der Waals surface area (Å²) in [6, 6.07) is 7.65. The van der Waals surface area contributed by atoms with Crippen LogP contribution in [0.25, 0.3) is 5.52 Å². The summed E-state index contributed by atoms with van der Waals surface area (Å²) in [4.78, 5) is 8.86. The van der Waals surface area contributed by atoms with Gasteiger partial charge in [-0.2, -0.15) is 0 Å². The third kappa shape index (κ3) is 3.20. The molecule has 3 N–H and O–H groups in total. The number of aliphatic hydroxyl groups is 2. The molecule has 0 radical (unpaired) electrons. The highest BCUT2D eigenvalue weighted by molar-refractivity contribution is 7.99. The largest absolute Gasteiger partial charge is 0.390 e. The lowest BCUT2D eigenvalue weighted by Crippen LogP contribution is -2.25. The average Bonchev–Trinajstić information content (AvgIpc) is 3.17. The Labute approximate surface area is 153 Å². The monoisotopic (exact) mass is 376 g/mol. The lowest BCUT2D eigenvalue weighted by molar-refractivity contribution is 0.0405. The molecule has 130 valence electrons. The summed E-state index contributed by atoms with van der Waals surface area (Å²) in [6.07, 6.45) is 3.72. The molecule has 4 rings (SSSR count). The SMILES string of the molecule is O[C@@H]1[C@H](O)CS[C@H]1c1ncc2c(NCc3cccc(Cl)c3)nccn12. The quantitative estimate of drug-likeness (QED) is 0.649. The second-order valence-electron chi connectivity index (χ2n) is 5.94. The van der Waals surface area contributed by atoms with Crippen molar-refractivity contribution < 1.29 is 10.2 Å². The van der Waals surface area contributed by atoms with Gasteiger partial charge in [0.1, 0.15) is 11.3 Å². The van der Waals surface area contributed by atoms with Crippen LogP contribution >= 0.6 is 23.4 Å². The van der Waals surface area contributed by atoms with E-state index in [-0.39, 0.29) is 5.25 Å². The first-order valence-corrected chi connectivity index (χ1v) is 9.34. The van der Waals surface area contributed by atoms with Gasteiger partial charge in [0.25, 0.3) is 0 Å². The van der Waals surface area contributed by atoms with E-state index in [0.29, 0.717) is 23.1 Å². The lowest BCUT2D eigenvalue weighted by atomic mass is 10.1. The molecular weight excluding hydrogens is 360 g/mol. The Balaban J connectivity index is 1.61. The fourth-order valence-corrected chi connectivity index (χ4v) is 4.47. The summed E-state index contributed by atoms with van der Waals surface area (Å²) in [5.74, 6) is 1.93. The lowest BCUT2D eigenvalue weighted by Gasteiger charge is -2.15. The van der Waals surface area contributed by atoms with Crippen LogP contribution in [-0.2, 0) is 6.54 Å². The zero-order valence-corrected chi connectivity index (χ0v) is 14.8. The van der Waals surface area contributed by atoms with Crippen molar-refractivity contribution in [2.45, 2.75) is 24.0 Å². The molecular formula is C17H17ClN4O2S. The van der Waals surface area contributed by atoms with Crippen molar-refractivity contribution in [1.29, 1.82) is 0 Å². The van der Waals surface area contributed by atoms with E-state index < -0.39 is 12.2 Å². The molecule has 0 spiro atoms. The van der Waals surface area contributed by atoms with Gasteiger partial charge < -0.3 is 15.5 Å². The van der Waals surface area contributed by atoms with Crippen LogP contribution in [0.3, 0.4) is 0 Å². The Morgan fingerprint density at radius 2 is 2.20 bits per heavy atom. The third-order valence-electron chi connectivity index (χ3n) is 4.24. The van der Waals surface area contributed by atoms with Crippen molar-refractivity contribution in [1.82, 2.24) is 14.4 Å². The summed E-state index contributed by atoms with van der Waals surface area (Å²) in [5.41, 5.74) is 1.88. The molecule has 1 saturated heterocycles. The first kappa shape index (κ1) is 16.7. The van der Waals surface area contributed by atoms with E-state index in [1.165, 1.54) is 11.8 Å². The molecule has 0 saturated carbocycles. The number of rotatable bonds is 4. The maximum atomic E-state index is 10.2. The second-order valence-corrected chi connectivity index (χ2v) is 7.55. The van der Waals surface area contributed by atoms with Gasteiger partial charge in [-0.3, -0.25) is 4.40 Å². The summed E-state index contributed by atoms with van der Waals surface area (Å²) in [5, 5.41) is 23.7. The average molecular weight is 377 g/mol. The number of thioether (sulfide) groups is 1. The van der Waals surface area contributed by atoms with E-state index >= 15 is 0 Å². The number of hydrogen-bond donors (Lipinski definition) is 3. The van der Waals surface area contributed by atoms with Crippen LogP contribution in [-0.4, -0.2) is 42.5 Å². The van der Waals surface area contributed by atoms with Crippen molar-refractivity contribution in [3.05, 3.63) is 59.3 Å². The Hall–Kier alpha value is -1.80. The minimum absolute atomic E-state index is 0.249. The van der Waals surface area contributed by atoms with Gasteiger partial charge >= 0.3 is 0 Å². The molecule has 0 amide bonds. The Bertz CT molecular complexity index is 903. The van der Waals surface area contributed by atoms with Gasteiger partial charge in [0.05, 0.1) is 23.7 Å². The number of hydrogen-bond acceptors (Lipinski definition) is 6. The summed E-state index contributed by atoms with van der Waals surface area (Å²) in [6.45, 7) is 0.591. The molecule has 3 heterocycles. The van der Waals surface area contributed by atoms with Gasteiger partial charge in [-0.05, 0) is 17.7 Å². The molecule has 25 heavy (non-hydrogen) atoms. The first-order chi connectivity index (χ1) is 12.1. The molecule has 0 unspecified atom stereocenters. The Kier molecular flexibility index (Phi) is 4.56. The van der Waals surface area contributed by atoms with Crippen LogP contribution in [0.4, 0.5) is 5.82 Å². The van der Waals surface area contributed by atoms with Crippen molar-refractivity contribution >= 4 is 34.7 Å².